The van der Waals surface area contributed by atoms with Gasteiger partial charge in [-0.1, -0.05) is 19.4 Å². The summed E-state index contributed by atoms with van der Waals surface area (Å²) in [5, 5.41) is 5.61. The summed E-state index contributed by atoms with van der Waals surface area (Å²) in [6, 6.07) is 6.96. The molecule has 2 rings (SSSR count). The Morgan fingerprint density at radius 2 is 1.85 bits per heavy atom. The number of hydrogen-bond acceptors (Lipinski definition) is 4. The highest BCUT2D eigenvalue weighted by atomic mass is 16.2. The minimum absolute atomic E-state index is 0.0428. The largest absolute Gasteiger partial charge is 0.355 e. The Balaban J connectivity index is 1.82. The van der Waals surface area contributed by atoms with Crippen molar-refractivity contribution < 1.29 is 14.4 Å². The third kappa shape index (κ3) is 6.15. The first-order chi connectivity index (χ1) is 12.5. The lowest BCUT2D eigenvalue weighted by Gasteiger charge is -2.34. The molecular formula is C19H28N4O3. The molecule has 1 aliphatic heterocycles. The SMILES string of the molecule is CCCCNC(=O)CN1CCN(C(=O)c2cccc(NC(C)=O)c2)CC1. The Morgan fingerprint density at radius 3 is 2.50 bits per heavy atom. The van der Waals surface area contributed by atoms with Crippen LogP contribution < -0.4 is 10.6 Å². The normalized spacial score (nSPS) is 14.8. The molecule has 0 spiro atoms. The minimum atomic E-state index is -0.166. The van der Waals surface area contributed by atoms with Gasteiger partial charge in [-0.15, -0.1) is 0 Å². The third-order valence-corrected chi connectivity index (χ3v) is 4.31. The summed E-state index contributed by atoms with van der Waals surface area (Å²) in [5.74, 6) is -0.175. The fraction of sp³-hybridized carbons (Fsp3) is 0.526. The summed E-state index contributed by atoms with van der Waals surface area (Å²) in [6.45, 7) is 7.16. The molecule has 1 heterocycles. The van der Waals surface area contributed by atoms with Gasteiger partial charge in [-0.3, -0.25) is 19.3 Å². The lowest BCUT2D eigenvalue weighted by atomic mass is 10.1. The van der Waals surface area contributed by atoms with E-state index in [4.69, 9.17) is 0 Å². The molecule has 1 aliphatic rings. The maximum Gasteiger partial charge on any atom is 0.254 e. The number of piperazine rings is 1. The van der Waals surface area contributed by atoms with Crippen molar-refractivity contribution in [3.63, 3.8) is 0 Å². The van der Waals surface area contributed by atoms with Gasteiger partial charge in [-0.05, 0) is 24.6 Å². The summed E-state index contributed by atoms with van der Waals surface area (Å²) in [5.41, 5.74) is 1.17. The van der Waals surface area contributed by atoms with E-state index in [1.807, 2.05) is 0 Å². The molecule has 1 fully saturated rings. The molecule has 0 atom stereocenters. The number of nitrogens with zero attached hydrogens (tertiary/aromatic N) is 2. The van der Waals surface area contributed by atoms with Crippen LogP contribution in [-0.2, 0) is 9.59 Å². The number of unbranched alkanes of at least 4 members (excludes halogenated alkanes) is 1. The lowest BCUT2D eigenvalue weighted by molar-refractivity contribution is -0.122. The van der Waals surface area contributed by atoms with E-state index in [0.717, 1.165) is 19.4 Å². The summed E-state index contributed by atoms with van der Waals surface area (Å²) in [7, 11) is 0. The van der Waals surface area contributed by atoms with Gasteiger partial charge in [-0.2, -0.15) is 0 Å². The van der Waals surface area contributed by atoms with Crippen molar-refractivity contribution in [1.82, 2.24) is 15.1 Å². The molecule has 2 N–H and O–H groups in total. The molecule has 1 aromatic rings. The Kier molecular flexibility index (Phi) is 7.59. The zero-order valence-corrected chi connectivity index (χ0v) is 15.6. The van der Waals surface area contributed by atoms with E-state index in [2.05, 4.69) is 22.5 Å². The molecule has 0 radical (unpaired) electrons. The van der Waals surface area contributed by atoms with Gasteiger partial charge in [0.05, 0.1) is 6.54 Å². The molecule has 0 aromatic heterocycles. The van der Waals surface area contributed by atoms with Crippen LogP contribution in [0.1, 0.15) is 37.0 Å². The van der Waals surface area contributed by atoms with Crippen molar-refractivity contribution in [1.29, 1.82) is 0 Å². The Bertz CT molecular complexity index is 639. The number of carbonyl (C=O) groups is 3. The molecule has 1 saturated heterocycles. The highest BCUT2D eigenvalue weighted by Gasteiger charge is 2.23. The summed E-state index contributed by atoms with van der Waals surface area (Å²) >= 11 is 0. The van der Waals surface area contributed by atoms with Crippen molar-refractivity contribution in [3.05, 3.63) is 29.8 Å². The number of benzene rings is 1. The zero-order chi connectivity index (χ0) is 18.9. The van der Waals surface area contributed by atoms with E-state index in [1.165, 1.54) is 6.92 Å². The second-order valence-electron chi connectivity index (χ2n) is 6.53. The van der Waals surface area contributed by atoms with Crippen molar-refractivity contribution in [2.45, 2.75) is 26.7 Å². The van der Waals surface area contributed by atoms with Crippen LogP contribution in [0.25, 0.3) is 0 Å². The van der Waals surface area contributed by atoms with E-state index in [0.29, 0.717) is 44.0 Å². The first-order valence-electron chi connectivity index (χ1n) is 9.15. The van der Waals surface area contributed by atoms with Gasteiger partial charge >= 0.3 is 0 Å². The second kappa shape index (κ2) is 9.91. The van der Waals surface area contributed by atoms with E-state index in [1.54, 1.807) is 29.2 Å². The molecule has 0 saturated carbocycles. The van der Waals surface area contributed by atoms with Crippen LogP contribution in [0, 0.1) is 0 Å². The zero-order valence-electron chi connectivity index (χ0n) is 15.6. The smallest absolute Gasteiger partial charge is 0.254 e. The Hall–Kier alpha value is -2.41. The summed E-state index contributed by atoms with van der Waals surface area (Å²) in [6.07, 6.45) is 2.05. The van der Waals surface area contributed by atoms with Gasteiger partial charge in [0.25, 0.3) is 5.91 Å². The Morgan fingerprint density at radius 1 is 1.12 bits per heavy atom. The minimum Gasteiger partial charge on any atom is -0.355 e. The van der Waals surface area contributed by atoms with E-state index < -0.39 is 0 Å². The fourth-order valence-electron chi connectivity index (χ4n) is 2.89. The number of carbonyl (C=O) groups excluding carboxylic acids is 3. The first-order valence-corrected chi connectivity index (χ1v) is 9.15. The first kappa shape index (κ1) is 19.9. The lowest BCUT2D eigenvalue weighted by Crippen LogP contribution is -2.51. The maximum absolute atomic E-state index is 12.7. The average molecular weight is 360 g/mol. The molecule has 7 nitrogen and oxygen atoms in total. The van der Waals surface area contributed by atoms with E-state index in [9.17, 15) is 14.4 Å². The van der Waals surface area contributed by atoms with Crippen LogP contribution in [0.5, 0.6) is 0 Å². The number of amides is 3. The average Bonchev–Trinajstić information content (AvgIpc) is 2.61. The van der Waals surface area contributed by atoms with Crippen LogP contribution in [0.4, 0.5) is 5.69 Å². The van der Waals surface area contributed by atoms with E-state index in [-0.39, 0.29) is 17.7 Å². The van der Waals surface area contributed by atoms with Crippen molar-refractivity contribution >= 4 is 23.4 Å². The van der Waals surface area contributed by atoms with Crippen LogP contribution >= 0.6 is 0 Å². The monoisotopic (exact) mass is 360 g/mol. The van der Waals surface area contributed by atoms with Crippen molar-refractivity contribution in [2.24, 2.45) is 0 Å². The van der Waals surface area contributed by atoms with Gasteiger partial charge in [0, 0.05) is 50.9 Å². The molecule has 1 aromatic carbocycles. The molecule has 3 amide bonds. The predicted molar refractivity (Wildman–Crippen MR) is 101 cm³/mol. The standard InChI is InChI=1S/C19H28N4O3/c1-3-4-8-20-18(25)14-22-9-11-23(12-10-22)19(26)16-6-5-7-17(13-16)21-15(2)24/h5-7,13H,3-4,8-12,14H2,1-2H3,(H,20,25)(H,21,24). The van der Waals surface area contributed by atoms with Gasteiger partial charge < -0.3 is 15.5 Å². The van der Waals surface area contributed by atoms with Crippen LogP contribution in [0.15, 0.2) is 24.3 Å². The molecule has 7 heteroatoms. The molecule has 26 heavy (non-hydrogen) atoms. The van der Waals surface area contributed by atoms with Crippen LogP contribution in [0.2, 0.25) is 0 Å². The fourth-order valence-corrected chi connectivity index (χ4v) is 2.89. The second-order valence-corrected chi connectivity index (χ2v) is 6.53. The number of hydrogen-bond donors (Lipinski definition) is 2. The quantitative estimate of drug-likeness (QED) is 0.719. The van der Waals surface area contributed by atoms with Gasteiger partial charge in [0.15, 0.2) is 0 Å². The Labute approximate surface area is 154 Å². The molecule has 0 aliphatic carbocycles. The highest BCUT2D eigenvalue weighted by Crippen LogP contribution is 2.14. The summed E-state index contributed by atoms with van der Waals surface area (Å²) < 4.78 is 0. The molecule has 0 unspecified atom stereocenters. The maximum atomic E-state index is 12.7. The number of anilines is 1. The molecule has 0 bridgehead atoms. The molecule has 142 valence electrons. The number of nitrogens with one attached hydrogen (secondary N) is 2. The van der Waals surface area contributed by atoms with E-state index >= 15 is 0 Å². The third-order valence-electron chi connectivity index (χ3n) is 4.31. The van der Waals surface area contributed by atoms with Gasteiger partial charge in [0.1, 0.15) is 0 Å². The van der Waals surface area contributed by atoms with Crippen molar-refractivity contribution in [3.8, 4) is 0 Å². The van der Waals surface area contributed by atoms with Gasteiger partial charge in [0.2, 0.25) is 11.8 Å². The van der Waals surface area contributed by atoms with Gasteiger partial charge in [-0.25, -0.2) is 0 Å². The molecular weight excluding hydrogens is 332 g/mol. The van der Waals surface area contributed by atoms with Crippen LogP contribution in [-0.4, -0.2) is 66.8 Å². The topological polar surface area (TPSA) is 81.8 Å². The van der Waals surface area contributed by atoms with Crippen molar-refractivity contribution in [2.75, 3.05) is 44.6 Å². The predicted octanol–water partition coefficient (Wildman–Crippen LogP) is 1.32. The summed E-state index contributed by atoms with van der Waals surface area (Å²) in [4.78, 5) is 39.6. The van der Waals surface area contributed by atoms with Crippen LogP contribution in [0.3, 0.4) is 0 Å². The highest BCUT2D eigenvalue weighted by molar-refractivity contribution is 5.96. The number of rotatable bonds is 7.